The molecule has 0 radical (unpaired) electrons. The number of carboxylic acids is 2. The van der Waals surface area contributed by atoms with E-state index in [0.29, 0.717) is 10.9 Å². The van der Waals surface area contributed by atoms with Crippen LogP contribution in [0.4, 0.5) is 0 Å². The number of carbonyl (C=O) groups is 2. The van der Waals surface area contributed by atoms with Crippen molar-refractivity contribution in [3.8, 4) is 0 Å². The van der Waals surface area contributed by atoms with E-state index in [1.165, 1.54) is 12.3 Å². The second-order valence-electron chi connectivity index (χ2n) is 3.59. The number of aromatic amines is 1. The highest BCUT2D eigenvalue weighted by Crippen LogP contribution is 2.26. The molecule has 0 aliphatic carbocycles. The molecule has 0 spiro atoms. The Hall–Kier alpha value is -2.34. The minimum atomic E-state index is -1.25. The minimum Gasteiger partial charge on any atom is -0.480 e. The van der Waals surface area contributed by atoms with E-state index in [-0.39, 0.29) is 11.1 Å². The molecule has 0 fully saturated rings. The third kappa shape index (κ3) is 1.74. The third-order valence-electron chi connectivity index (χ3n) is 2.57. The van der Waals surface area contributed by atoms with Crippen molar-refractivity contribution in [2.24, 2.45) is 5.73 Å². The zero-order chi connectivity index (χ0) is 12.6. The molecule has 5 N–H and O–H groups in total. The lowest BCUT2D eigenvalue weighted by Crippen LogP contribution is -2.20. The van der Waals surface area contributed by atoms with Gasteiger partial charge in [-0.15, -0.1) is 0 Å². The molecule has 0 aliphatic heterocycles. The van der Waals surface area contributed by atoms with Crippen molar-refractivity contribution in [2.75, 3.05) is 0 Å². The first kappa shape index (κ1) is 11.2. The van der Waals surface area contributed by atoms with Crippen molar-refractivity contribution in [3.63, 3.8) is 0 Å². The standard InChI is InChI=1S/C11H10N2O4/c12-9(11(16)17)6-4-13-7-3-1-2-5(8(6)7)10(14)15/h1-4,9,13H,12H2,(H,14,15)(H,16,17). The number of aromatic carboxylic acids is 1. The zero-order valence-electron chi connectivity index (χ0n) is 8.68. The molecule has 2 rings (SSSR count). The van der Waals surface area contributed by atoms with Crippen LogP contribution >= 0.6 is 0 Å². The largest absolute Gasteiger partial charge is 0.480 e. The van der Waals surface area contributed by atoms with Gasteiger partial charge in [-0.1, -0.05) is 6.07 Å². The van der Waals surface area contributed by atoms with Crippen LogP contribution in [0.1, 0.15) is 22.0 Å². The highest BCUT2D eigenvalue weighted by atomic mass is 16.4. The van der Waals surface area contributed by atoms with Crippen molar-refractivity contribution in [3.05, 3.63) is 35.5 Å². The number of hydrogen-bond acceptors (Lipinski definition) is 3. The summed E-state index contributed by atoms with van der Waals surface area (Å²) in [5.74, 6) is -2.32. The summed E-state index contributed by atoms with van der Waals surface area (Å²) in [6, 6.07) is 3.42. The van der Waals surface area contributed by atoms with Gasteiger partial charge in [-0.2, -0.15) is 0 Å². The number of fused-ring (bicyclic) bond motifs is 1. The number of H-pyrrole nitrogens is 1. The number of hydrogen-bond donors (Lipinski definition) is 4. The zero-order valence-corrected chi connectivity index (χ0v) is 8.68. The molecule has 6 heteroatoms. The fraction of sp³-hybridized carbons (Fsp3) is 0.0909. The quantitative estimate of drug-likeness (QED) is 0.630. The Morgan fingerprint density at radius 1 is 1.29 bits per heavy atom. The van der Waals surface area contributed by atoms with E-state index in [9.17, 15) is 9.59 Å². The Bertz CT molecular complexity index is 603. The van der Waals surface area contributed by atoms with Gasteiger partial charge in [-0.25, -0.2) is 4.79 Å². The number of rotatable bonds is 3. The second kappa shape index (κ2) is 3.91. The highest BCUT2D eigenvalue weighted by Gasteiger charge is 2.21. The van der Waals surface area contributed by atoms with Crippen molar-refractivity contribution in [1.82, 2.24) is 4.98 Å². The molecule has 1 unspecified atom stereocenters. The third-order valence-corrected chi connectivity index (χ3v) is 2.57. The molecule has 88 valence electrons. The SMILES string of the molecule is NC(C(=O)O)c1c[nH]c2cccc(C(=O)O)c12. The second-order valence-corrected chi connectivity index (χ2v) is 3.59. The average molecular weight is 234 g/mol. The molecule has 0 aliphatic rings. The van der Waals surface area contributed by atoms with Crippen molar-refractivity contribution in [2.45, 2.75) is 6.04 Å². The van der Waals surface area contributed by atoms with E-state index < -0.39 is 18.0 Å². The molecule has 1 heterocycles. The molecule has 0 amide bonds. The van der Waals surface area contributed by atoms with Crippen LogP contribution in [0, 0.1) is 0 Å². The Kier molecular flexibility index (Phi) is 2.57. The summed E-state index contributed by atoms with van der Waals surface area (Å²) in [5, 5.41) is 18.2. The fourth-order valence-electron chi connectivity index (χ4n) is 1.77. The summed E-state index contributed by atoms with van der Waals surface area (Å²) in [7, 11) is 0. The van der Waals surface area contributed by atoms with Gasteiger partial charge in [0.15, 0.2) is 0 Å². The van der Waals surface area contributed by atoms with E-state index in [4.69, 9.17) is 15.9 Å². The van der Waals surface area contributed by atoms with Gasteiger partial charge in [0, 0.05) is 22.7 Å². The molecule has 1 aromatic carbocycles. The van der Waals surface area contributed by atoms with Crippen molar-refractivity contribution in [1.29, 1.82) is 0 Å². The summed E-state index contributed by atoms with van der Waals surface area (Å²) in [4.78, 5) is 24.7. The smallest absolute Gasteiger partial charge is 0.336 e. The van der Waals surface area contributed by atoms with Crippen LogP contribution in [0.3, 0.4) is 0 Å². The summed E-state index contributed by atoms with van der Waals surface area (Å²) < 4.78 is 0. The van der Waals surface area contributed by atoms with Gasteiger partial charge in [0.25, 0.3) is 0 Å². The summed E-state index contributed by atoms with van der Waals surface area (Å²) in [6.45, 7) is 0. The Labute approximate surface area is 95.7 Å². The fourth-order valence-corrected chi connectivity index (χ4v) is 1.77. The molecular formula is C11H10N2O4. The van der Waals surface area contributed by atoms with Gasteiger partial charge in [-0.05, 0) is 12.1 Å². The first-order valence-electron chi connectivity index (χ1n) is 4.84. The van der Waals surface area contributed by atoms with Gasteiger partial charge in [0.05, 0.1) is 5.56 Å². The lowest BCUT2D eigenvalue weighted by molar-refractivity contribution is -0.138. The molecule has 1 aromatic heterocycles. The topological polar surface area (TPSA) is 116 Å². The van der Waals surface area contributed by atoms with Gasteiger partial charge >= 0.3 is 11.9 Å². The van der Waals surface area contributed by atoms with Gasteiger partial charge in [-0.3, -0.25) is 4.79 Å². The van der Waals surface area contributed by atoms with Crippen LogP contribution in [0.5, 0.6) is 0 Å². The van der Waals surface area contributed by atoms with Crippen LogP contribution in [0.15, 0.2) is 24.4 Å². The maximum Gasteiger partial charge on any atom is 0.336 e. The maximum atomic E-state index is 11.1. The molecule has 0 bridgehead atoms. The molecule has 17 heavy (non-hydrogen) atoms. The van der Waals surface area contributed by atoms with E-state index in [2.05, 4.69) is 4.98 Å². The number of benzene rings is 1. The van der Waals surface area contributed by atoms with Gasteiger partial charge in [0.1, 0.15) is 6.04 Å². The molecule has 1 atom stereocenters. The predicted octanol–water partition coefficient (Wildman–Crippen LogP) is 0.950. The van der Waals surface area contributed by atoms with Gasteiger partial charge in [0.2, 0.25) is 0 Å². The molecule has 2 aromatic rings. The summed E-state index contributed by atoms with van der Waals surface area (Å²) in [5.41, 5.74) is 6.36. The predicted molar refractivity (Wildman–Crippen MR) is 59.8 cm³/mol. The average Bonchev–Trinajstić information content (AvgIpc) is 2.70. The minimum absolute atomic E-state index is 0.0375. The van der Waals surface area contributed by atoms with E-state index in [1.54, 1.807) is 12.1 Å². The number of nitrogens with one attached hydrogen (secondary N) is 1. The van der Waals surface area contributed by atoms with Gasteiger partial charge < -0.3 is 20.9 Å². The van der Waals surface area contributed by atoms with Crippen molar-refractivity contribution >= 4 is 22.8 Å². The number of nitrogens with two attached hydrogens (primary N) is 1. The van der Waals surface area contributed by atoms with Crippen LogP contribution in [0.2, 0.25) is 0 Å². The number of carboxylic acid groups (broad SMARTS) is 2. The maximum absolute atomic E-state index is 11.1. The van der Waals surface area contributed by atoms with Crippen LogP contribution < -0.4 is 5.73 Å². The van der Waals surface area contributed by atoms with Crippen molar-refractivity contribution < 1.29 is 19.8 Å². The Morgan fingerprint density at radius 2 is 2.00 bits per heavy atom. The highest BCUT2D eigenvalue weighted by molar-refractivity contribution is 6.05. The molecule has 0 saturated carbocycles. The monoisotopic (exact) mass is 234 g/mol. The van der Waals surface area contributed by atoms with E-state index >= 15 is 0 Å². The lowest BCUT2D eigenvalue weighted by atomic mass is 10.0. The van der Waals surface area contributed by atoms with E-state index in [1.807, 2.05) is 0 Å². The Balaban J connectivity index is 2.73. The molecule has 0 saturated heterocycles. The molecular weight excluding hydrogens is 224 g/mol. The molecule has 6 nitrogen and oxygen atoms in total. The number of aromatic nitrogens is 1. The first-order chi connectivity index (χ1) is 8.02. The lowest BCUT2D eigenvalue weighted by Gasteiger charge is -2.06. The van der Waals surface area contributed by atoms with Crippen LogP contribution in [0.25, 0.3) is 10.9 Å². The van der Waals surface area contributed by atoms with E-state index in [0.717, 1.165) is 0 Å². The summed E-state index contributed by atoms with van der Waals surface area (Å²) >= 11 is 0. The number of aliphatic carboxylic acids is 1. The Morgan fingerprint density at radius 3 is 2.59 bits per heavy atom. The first-order valence-corrected chi connectivity index (χ1v) is 4.84. The van der Waals surface area contributed by atoms with Crippen LogP contribution in [-0.2, 0) is 4.79 Å². The van der Waals surface area contributed by atoms with Crippen LogP contribution in [-0.4, -0.2) is 27.1 Å². The summed E-state index contributed by atoms with van der Waals surface area (Å²) in [6.07, 6.45) is 1.43. The normalized spacial score (nSPS) is 12.5.